The number of carbonyl (C=O) groups is 2. The molecular weight excluding hydrogens is 350 g/mol. The number of aliphatic carboxylic acids is 1. The maximum absolute atomic E-state index is 12.7. The Morgan fingerprint density at radius 1 is 1.26 bits per heavy atom. The summed E-state index contributed by atoms with van der Waals surface area (Å²) in [6.07, 6.45) is 0. The van der Waals surface area contributed by atoms with E-state index in [9.17, 15) is 19.5 Å². The van der Waals surface area contributed by atoms with E-state index in [1.165, 1.54) is 11.7 Å². The Balaban J connectivity index is 2.35. The van der Waals surface area contributed by atoms with E-state index in [-0.39, 0.29) is 0 Å². The van der Waals surface area contributed by atoms with Gasteiger partial charge in [0.15, 0.2) is 5.75 Å². The first kappa shape index (κ1) is 18.5. The molecule has 0 saturated heterocycles. The average Bonchev–Trinajstić information content (AvgIpc) is 2.90. The van der Waals surface area contributed by atoms with Crippen LogP contribution in [0.1, 0.15) is 41.3 Å². The Bertz CT molecular complexity index is 1150. The van der Waals surface area contributed by atoms with Crippen molar-refractivity contribution in [2.24, 2.45) is 7.05 Å². The van der Waals surface area contributed by atoms with Crippen molar-refractivity contribution in [3.05, 3.63) is 45.2 Å². The fourth-order valence-electron chi connectivity index (χ4n) is 3.32. The maximum Gasteiger partial charge on any atom is 0.322 e. The van der Waals surface area contributed by atoms with Crippen LogP contribution in [0.5, 0.6) is 5.75 Å². The molecule has 8 nitrogen and oxygen atoms in total. The first-order valence-corrected chi connectivity index (χ1v) is 8.52. The highest BCUT2D eigenvalue weighted by Crippen LogP contribution is 2.33. The Hall–Kier alpha value is -3.29. The molecule has 0 aliphatic rings. The minimum Gasteiger partial charge on any atom is -0.505 e. The summed E-state index contributed by atoms with van der Waals surface area (Å²) >= 11 is 0. The van der Waals surface area contributed by atoms with Gasteiger partial charge in [0.1, 0.15) is 17.6 Å². The zero-order valence-electron chi connectivity index (χ0n) is 15.5. The van der Waals surface area contributed by atoms with Crippen LogP contribution in [-0.2, 0) is 11.8 Å². The number of hydrogen-bond acceptors (Lipinski definition) is 4. The van der Waals surface area contributed by atoms with Crippen LogP contribution in [0.3, 0.4) is 0 Å². The van der Waals surface area contributed by atoms with Gasteiger partial charge in [0.05, 0.1) is 5.52 Å². The van der Waals surface area contributed by atoms with E-state index in [2.05, 4.69) is 19.2 Å². The molecule has 3 rings (SSSR count). The van der Waals surface area contributed by atoms with Gasteiger partial charge in [0.25, 0.3) is 11.5 Å². The smallest absolute Gasteiger partial charge is 0.322 e. The third-order valence-corrected chi connectivity index (χ3v) is 4.78. The maximum atomic E-state index is 12.7. The molecule has 0 unspecified atom stereocenters. The van der Waals surface area contributed by atoms with Gasteiger partial charge < -0.3 is 15.5 Å². The van der Waals surface area contributed by atoms with Crippen LogP contribution in [0, 0.1) is 6.92 Å². The van der Waals surface area contributed by atoms with Crippen LogP contribution in [0.15, 0.2) is 23.0 Å². The van der Waals surface area contributed by atoms with Gasteiger partial charge in [-0.1, -0.05) is 19.9 Å². The molecule has 3 aromatic rings. The SMILES string of the molecule is Cc1c2cc(C(C)C)ccc2n2c1c(O)c(C(=O)NCC(=O)O)c(=O)n2C. The summed E-state index contributed by atoms with van der Waals surface area (Å²) in [7, 11) is 1.50. The van der Waals surface area contributed by atoms with Gasteiger partial charge in [0.2, 0.25) is 0 Å². The van der Waals surface area contributed by atoms with Crippen molar-refractivity contribution in [3.8, 4) is 5.75 Å². The van der Waals surface area contributed by atoms with Crippen molar-refractivity contribution in [2.75, 3.05) is 6.54 Å². The summed E-state index contributed by atoms with van der Waals surface area (Å²) in [5, 5.41) is 22.4. The lowest BCUT2D eigenvalue weighted by Crippen LogP contribution is -2.36. The molecule has 0 aliphatic heterocycles. The summed E-state index contributed by atoms with van der Waals surface area (Å²) in [5.74, 6) is -2.32. The molecule has 0 aliphatic carbocycles. The van der Waals surface area contributed by atoms with Crippen molar-refractivity contribution in [2.45, 2.75) is 26.7 Å². The molecule has 0 spiro atoms. The summed E-state index contributed by atoms with van der Waals surface area (Å²) in [5.41, 5.74) is 1.74. The van der Waals surface area contributed by atoms with E-state index in [1.54, 1.807) is 4.52 Å². The Labute approximate surface area is 154 Å². The minimum atomic E-state index is -1.24. The van der Waals surface area contributed by atoms with Crippen LogP contribution in [0.4, 0.5) is 0 Å². The number of hydrogen-bond donors (Lipinski definition) is 3. The highest BCUT2D eigenvalue weighted by Gasteiger charge is 2.25. The van der Waals surface area contributed by atoms with Crippen molar-refractivity contribution >= 4 is 28.3 Å². The van der Waals surface area contributed by atoms with E-state index in [1.807, 2.05) is 25.1 Å². The topological polar surface area (TPSA) is 113 Å². The second-order valence-corrected chi connectivity index (χ2v) is 6.85. The van der Waals surface area contributed by atoms with Gasteiger partial charge >= 0.3 is 5.97 Å². The zero-order valence-corrected chi connectivity index (χ0v) is 15.5. The zero-order chi connectivity index (χ0) is 20.0. The van der Waals surface area contributed by atoms with E-state index in [4.69, 9.17) is 5.11 Å². The number of benzene rings is 1. The lowest BCUT2D eigenvalue weighted by atomic mass is 10.0. The molecule has 8 heteroatoms. The third kappa shape index (κ3) is 2.83. The molecule has 1 aromatic carbocycles. The summed E-state index contributed by atoms with van der Waals surface area (Å²) in [4.78, 5) is 35.7. The van der Waals surface area contributed by atoms with E-state index in [0.29, 0.717) is 11.4 Å². The molecule has 0 fully saturated rings. The third-order valence-electron chi connectivity index (χ3n) is 4.78. The molecule has 3 N–H and O–H groups in total. The molecule has 142 valence electrons. The molecule has 2 heterocycles. The summed E-state index contributed by atoms with van der Waals surface area (Å²) in [6, 6.07) is 5.86. The number of aryl methyl sites for hydroxylation is 2. The molecule has 0 bridgehead atoms. The van der Waals surface area contributed by atoms with Crippen molar-refractivity contribution < 1.29 is 19.8 Å². The van der Waals surface area contributed by atoms with Gasteiger partial charge in [-0.25, -0.2) is 9.20 Å². The lowest BCUT2D eigenvalue weighted by molar-refractivity contribution is -0.135. The highest BCUT2D eigenvalue weighted by atomic mass is 16.4. The number of rotatable bonds is 4. The van der Waals surface area contributed by atoms with E-state index < -0.39 is 35.3 Å². The molecule has 0 saturated carbocycles. The van der Waals surface area contributed by atoms with Crippen LogP contribution < -0.4 is 10.9 Å². The standard InChI is InChI=1S/C19H21N3O5/c1-9(2)11-5-6-13-12(7-11)10(3)16-17(25)15(18(26)20-8-14(23)24)19(27)21(4)22(13)16/h5-7,9,25H,8H2,1-4H3,(H,20,26)(H,23,24). The Morgan fingerprint density at radius 2 is 1.93 bits per heavy atom. The number of amides is 1. The van der Waals surface area contributed by atoms with Gasteiger partial charge in [-0.3, -0.25) is 14.4 Å². The molecule has 0 atom stereocenters. The predicted molar refractivity (Wildman–Crippen MR) is 101 cm³/mol. The van der Waals surface area contributed by atoms with E-state index >= 15 is 0 Å². The van der Waals surface area contributed by atoms with Crippen LogP contribution >= 0.6 is 0 Å². The Kier molecular flexibility index (Phi) is 4.43. The minimum absolute atomic E-state index is 0.312. The first-order valence-electron chi connectivity index (χ1n) is 8.52. The van der Waals surface area contributed by atoms with E-state index in [0.717, 1.165) is 22.0 Å². The monoisotopic (exact) mass is 371 g/mol. The number of aromatic hydroxyl groups is 1. The second-order valence-electron chi connectivity index (χ2n) is 6.85. The largest absolute Gasteiger partial charge is 0.505 e. The molecule has 2 aromatic heterocycles. The quantitative estimate of drug-likeness (QED) is 0.647. The number of nitrogens with one attached hydrogen (secondary N) is 1. The Morgan fingerprint density at radius 3 is 2.52 bits per heavy atom. The first-order chi connectivity index (χ1) is 12.6. The van der Waals surface area contributed by atoms with Crippen LogP contribution in [0.2, 0.25) is 0 Å². The molecular formula is C19H21N3O5. The highest BCUT2D eigenvalue weighted by molar-refractivity contribution is 6.02. The number of nitrogens with zero attached hydrogens (tertiary/aromatic N) is 2. The molecule has 1 amide bonds. The second kappa shape index (κ2) is 6.46. The fourth-order valence-corrected chi connectivity index (χ4v) is 3.32. The average molecular weight is 371 g/mol. The predicted octanol–water partition coefficient (Wildman–Crippen LogP) is 1.74. The van der Waals surface area contributed by atoms with Crippen molar-refractivity contribution in [1.29, 1.82) is 0 Å². The van der Waals surface area contributed by atoms with Crippen molar-refractivity contribution in [1.82, 2.24) is 14.5 Å². The number of fused-ring (bicyclic) bond motifs is 3. The van der Waals surface area contributed by atoms with Gasteiger partial charge in [-0.2, -0.15) is 0 Å². The van der Waals surface area contributed by atoms with Gasteiger partial charge in [-0.05, 0) is 36.1 Å². The fraction of sp³-hybridized carbons (Fsp3) is 0.316. The molecule has 0 radical (unpaired) electrons. The normalized spacial score (nSPS) is 11.4. The van der Waals surface area contributed by atoms with Crippen LogP contribution in [-0.4, -0.2) is 37.8 Å². The van der Waals surface area contributed by atoms with Crippen LogP contribution in [0.25, 0.3) is 16.4 Å². The number of carboxylic acids is 1. The van der Waals surface area contributed by atoms with Gasteiger partial charge in [-0.15, -0.1) is 0 Å². The summed E-state index contributed by atoms with van der Waals surface area (Å²) < 4.78 is 2.82. The molecule has 27 heavy (non-hydrogen) atoms. The summed E-state index contributed by atoms with van der Waals surface area (Å²) in [6.45, 7) is 5.31. The van der Waals surface area contributed by atoms with Crippen molar-refractivity contribution in [3.63, 3.8) is 0 Å². The number of aromatic nitrogens is 2. The number of carbonyl (C=O) groups excluding carboxylic acids is 1. The number of carboxylic acid groups (broad SMARTS) is 1. The van der Waals surface area contributed by atoms with Gasteiger partial charge in [0, 0.05) is 12.4 Å². The lowest BCUT2D eigenvalue weighted by Gasteiger charge is -2.12.